The Kier molecular flexibility index (Phi) is 5.37. The number of benzene rings is 1. The van der Waals surface area contributed by atoms with E-state index in [9.17, 15) is 13.2 Å². The van der Waals surface area contributed by atoms with E-state index in [2.05, 4.69) is 10.2 Å². The van der Waals surface area contributed by atoms with Crippen molar-refractivity contribution in [1.82, 2.24) is 14.5 Å². The molecule has 0 radical (unpaired) electrons. The van der Waals surface area contributed by atoms with Gasteiger partial charge in [-0.2, -0.15) is 4.31 Å². The van der Waals surface area contributed by atoms with Crippen molar-refractivity contribution in [3.05, 3.63) is 24.3 Å². The lowest BCUT2D eigenvalue weighted by molar-refractivity contribution is -0.133. The van der Waals surface area contributed by atoms with Gasteiger partial charge in [0.05, 0.1) is 18.1 Å². The molecule has 134 valence electrons. The van der Waals surface area contributed by atoms with Crippen molar-refractivity contribution in [2.24, 2.45) is 0 Å². The van der Waals surface area contributed by atoms with Crippen molar-refractivity contribution >= 4 is 27.8 Å². The number of carboxylic acid groups (broad SMARTS) is 1. The smallest absolute Gasteiger partial charge is 0.314 e. The van der Waals surface area contributed by atoms with E-state index in [4.69, 9.17) is 14.3 Å². The summed E-state index contributed by atoms with van der Waals surface area (Å²) in [4.78, 5) is 10.7. The normalized spacial score (nSPS) is 16.0. The number of rotatable bonds is 6. The molecule has 0 amide bonds. The largest absolute Gasteiger partial charge is 0.481 e. The molecule has 0 spiro atoms. The first kappa shape index (κ1) is 17.9. The van der Waals surface area contributed by atoms with Crippen LogP contribution < -0.4 is 0 Å². The third kappa shape index (κ3) is 4.18. The third-order valence-corrected chi connectivity index (χ3v) is 6.11. The van der Waals surface area contributed by atoms with Gasteiger partial charge in [-0.15, -0.1) is 10.2 Å². The van der Waals surface area contributed by atoms with Crippen molar-refractivity contribution in [3.8, 4) is 11.5 Å². The molecule has 1 aliphatic rings. The summed E-state index contributed by atoms with van der Waals surface area (Å²) in [5, 5.41) is 16.4. The first-order valence-electron chi connectivity index (χ1n) is 7.33. The fourth-order valence-corrected chi connectivity index (χ4v) is 4.17. The predicted molar refractivity (Wildman–Crippen MR) is 87.7 cm³/mol. The standard InChI is InChI=1S/C14H15N3O6S2/c18-12(19)9-24-14-16-15-13(23-14)10-2-1-3-11(8-10)25(20,21)17-4-6-22-7-5-17/h1-3,8H,4-7,9H2,(H,18,19). The summed E-state index contributed by atoms with van der Waals surface area (Å²) in [7, 11) is -3.63. The number of hydrogen-bond donors (Lipinski definition) is 1. The molecule has 2 aromatic rings. The van der Waals surface area contributed by atoms with Crippen molar-refractivity contribution in [2.45, 2.75) is 10.1 Å². The number of hydrogen-bond acceptors (Lipinski definition) is 8. The summed E-state index contributed by atoms with van der Waals surface area (Å²) in [5.41, 5.74) is 0.448. The molecule has 1 aromatic heterocycles. The van der Waals surface area contributed by atoms with Crippen molar-refractivity contribution in [1.29, 1.82) is 0 Å². The highest BCUT2D eigenvalue weighted by molar-refractivity contribution is 7.99. The maximum Gasteiger partial charge on any atom is 0.314 e. The third-order valence-electron chi connectivity index (χ3n) is 3.41. The molecule has 1 fully saturated rings. The summed E-state index contributed by atoms with van der Waals surface area (Å²) in [5.74, 6) is -1.07. The molecule has 9 nitrogen and oxygen atoms in total. The van der Waals surface area contributed by atoms with Crippen LogP contribution in [0.25, 0.3) is 11.5 Å². The summed E-state index contributed by atoms with van der Waals surface area (Å²) >= 11 is 0.896. The van der Waals surface area contributed by atoms with E-state index in [-0.39, 0.29) is 21.8 Å². The molecule has 0 bridgehead atoms. The van der Waals surface area contributed by atoms with E-state index in [0.717, 1.165) is 11.8 Å². The van der Waals surface area contributed by atoms with Gasteiger partial charge < -0.3 is 14.3 Å². The van der Waals surface area contributed by atoms with E-state index in [1.165, 1.54) is 16.4 Å². The molecule has 11 heteroatoms. The summed E-state index contributed by atoms with van der Waals surface area (Å²) < 4.78 is 37.3. The van der Waals surface area contributed by atoms with Gasteiger partial charge in [-0.05, 0) is 18.2 Å². The topological polar surface area (TPSA) is 123 Å². The number of morpholine rings is 1. The maximum absolute atomic E-state index is 12.7. The second kappa shape index (κ2) is 7.52. The molecule has 0 saturated carbocycles. The van der Waals surface area contributed by atoms with Crippen LogP contribution in [0.5, 0.6) is 0 Å². The Morgan fingerprint density at radius 1 is 1.28 bits per heavy atom. The summed E-state index contributed by atoms with van der Waals surface area (Å²) in [6.07, 6.45) is 0. The molecular formula is C14H15N3O6S2. The highest BCUT2D eigenvalue weighted by atomic mass is 32.2. The number of nitrogens with zero attached hydrogens (tertiary/aromatic N) is 3. The van der Waals surface area contributed by atoms with Crippen molar-refractivity contribution in [2.75, 3.05) is 32.1 Å². The van der Waals surface area contributed by atoms with Crippen LogP contribution in [0.1, 0.15) is 0 Å². The van der Waals surface area contributed by atoms with Crippen molar-refractivity contribution < 1.29 is 27.5 Å². The second-order valence-corrected chi connectivity index (χ2v) is 7.96. The molecule has 1 aromatic carbocycles. The molecular weight excluding hydrogens is 370 g/mol. The molecule has 1 N–H and O–H groups in total. The number of thioether (sulfide) groups is 1. The summed E-state index contributed by atoms with van der Waals surface area (Å²) in [6, 6.07) is 6.21. The molecule has 2 heterocycles. The maximum atomic E-state index is 12.7. The number of aromatic nitrogens is 2. The Balaban J connectivity index is 1.83. The number of carboxylic acids is 1. The van der Waals surface area contributed by atoms with Crippen LogP contribution in [-0.2, 0) is 19.6 Å². The van der Waals surface area contributed by atoms with Crippen LogP contribution >= 0.6 is 11.8 Å². The van der Waals surface area contributed by atoms with Crippen LogP contribution in [0, 0.1) is 0 Å². The molecule has 0 unspecified atom stereocenters. The average Bonchev–Trinajstić information content (AvgIpc) is 3.10. The fourth-order valence-electron chi connectivity index (χ4n) is 2.23. The van der Waals surface area contributed by atoms with Gasteiger partial charge in [0.1, 0.15) is 5.75 Å². The Bertz CT molecular complexity index is 861. The van der Waals surface area contributed by atoms with Gasteiger partial charge in [0.25, 0.3) is 5.22 Å². The summed E-state index contributed by atoms with van der Waals surface area (Å²) in [6.45, 7) is 1.35. The highest BCUT2D eigenvalue weighted by Crippen LogP contribution is 2.26. The fraction of sp³-hybridized carbons (Fsp3) is 0.357. The predicted octanol–water partition coefficient (Wildman–Crippen LogP) is 0.934. The van der Waals surface area contributed by atoms with Gasteiger partial charge in [-0.1, -0.05) is 17.8 Å². The Hall–Kier alpha value is -1.95. The quantitative estimate of drug-likeness (QED) is 0.723. The van der Waals surface area contributed by atoms with Gasteiger partial charge in [-0.3, -0.25) is 4.79 Å². The highest BCUT2D eigenvalue weighted by Gasteiger charge is 2.26. The lowest BCUT2D eigenvalue weighted by atomic mass is 10.2. The van der Waals surface area contributed by atoms with Crippen LogP contribution in [0.4, 0.5) is 0 Å². The molecule has 1 saturated heterocycles. The number of sulfonamides is 1. The Morgan fingerprint density at radius 2 is 2.04 bits per heavy atom. The van der Waals surface area contributed by atoms with E-state index in [0.29, 0.717) is 31.9 Å². The first-order valence-corrected chi connectivity index (χ1v) is 9.76. The minimum absolute atomic E-state index is 0.110. The van der Waals surface area contributed by atoms with Gasteiger partial charge in [0, 0.05) is 18.7 Å². The molecule has 25 heavy (non-hydrogen) atoms. The minimum atomic E-state index is -3.63. The van der Waals surface area contributed by atoms with Gasteiger partial charge in [0.2, 0.25) is 15.9 Å². The minimum Gasteiger partial charge on any atom is -0.481 e. The Labute approximate surface area is 148 Å². The number of ether oxygens (including phenoxy) is 1. The van der Waals surface area contributed by atoms with E-state index < -0.39 is 16.0 Å². The zero-order chi connectivity index (χ0) is 17.9. The SMILES string of the molecule is O=C(O)CSc1nnc(-c2cccc(S(=O)(=O)N3CCOCC3)c2)o1. The number of carbonyl (C=O) groups is 1. The van der Waals surface area contributed by atoms with E-state index in [1.54, 1.807) is 12.1 Å². The van der Waals surface area contributed by atoms with Crippen LogP contribution in [0.3, 0.4) is 0 Å². The lowest BCUT2D eigenvalue weighted by Gasteiger charge is -2.26. The molecule has 0 aliphatic carbocycles. The van der Waals surface area contributed by atoms with E-state index >= 15 is 0 Å². The first-order chi connectivity index (χ1) is 12.0. The molecule has 1 aliphatic heterocycles. The Morgan fingerprint density at radius 3 is 2.76 bits per heavy atom. The molecule has 0 atom stereocenters. The van der Waals surface area contributed by atoms with Gasteiger partial charge in [0.15, 0.2) is 0 Å². The van der Waals surface area contributed by atoms with Gasteiger partial charge in [-0.25, -0.2) is 8.42 Å². The zero-order valence-corrected chi connectivity index (χ0v) is 14.6. The zero-order valence-electron chi connectivity index (χ0n) is 13.0. The van der Waals surface area contributed by atoms with Gasteiger partial charge >= 0.3 is 5.97 Å². The van der Waals surface area contributed by atoms with E-state index in [1.807, 2.05) is 0 Å². The van der Waals surface area contributed by atoms with Crippen LogP contribution in [0.2, 0.25) is 0 Å². The van der Waals surface area contributed by atoms with Crippen molar-refractivity contribution in [3.63, 3.8) is 0 Å². The lowest BCUT2D eigenvalue weighted by Crippen LogP contribution is -2.40. The number of aliphatic carboxylic acids is 1. The van der Waals surface area contributed by atoms with Crippen LogP contribution in [-0.4, -0.2) is 66.1 Å². The monoisotopic (exact) mass is 385 g/mol. The molecule has 3 rings (SSSR count). The second-order valence-electron chi connectivity index (χ2n) is 5.10. The van der Waals surface area contributed by atoms with Crippen LogP contribution in [0.15, 0.2) is 38.8 Å². The average molecular weight is 385 g/mol.